The number of nitrogens with one attached hydrogen (secondary N) is 1. The van der Waals surface area contributed by atoms with Crippen LogP contribution in [0.15, 0.2) is 78.8 Å². The van der Waals surface area contributed by atoms with Crippen LogP contribution in [0.1, 0.15) is 60.3 Å². The van der Waals surface area contributed by atoms with Gasteiger partial charge in [-0.2, -0.15) is 4.68 Å². The van der Waals surface area contributed by atoms with Crippen molar-refractivity contribution in [2.45, 2.75) is 45.0 Å². The summed E-state index contributed by atoms with van der Waals surface area (Å²) in [6, 6.07) is 18.3. The van der Waals surface area contributed by atoms with Gasteiger partial charge in [-0.25, -0.2) is 10.3 Å². The lowest BCUT2D eigenvalue weighted by Gasteiger charge is -2.21. The summed E-state index contributed by atoms with van der Waals surface area (Å²) in [5.41, 5.74) is 7.54. The van der Waals surface area contributed by atoms with Gasteiger partial charge in [0.1, 0.15) is 29.9 Å². The van der Waals surface area contributed by atoms with E-state index in [9.17, 15) is 14.7 Å². The molecule has 238 valence electrons. The number of halogens is 1. The molecule has 2 aliphatic rings. The number of aromatic nitrogens is 3. The van der Waals surface area contributed by atoms with Crippen LogP contribution in [0.2, 0.25) is 0 Å². The van der Waals surface area contributed by atoms with Crippen LogP contribution in [-0.2, 0) is 19.7 Å². The summed E-state index contributed by atoms with van der Waals surface area (Å²) < 4.78 is 18.1. The number of nitrogens with zero attached hydrogens (tertiary/aromatic N) is 3. The van der Waals surface area contributed by atoms with Gasteiger partial charge >= 0.3 is 6.09 Å². The number of alkyl halides is 1. The Bertz CT molecular complexity index is 1820. The second-order valence-corrected chi connectivity index (χ2v) is 12.3. The molecule has 11 nitrogen and oxygen atoms in total. The van der Waals surface area contributed by atoms with Gasteiger partial charge in [0, 0.05) is 22.1 Å². The van der Waals surface area contributed by atoms with E-state index in [4.69, 9.17) is 30.6 Å². The van der Waals surface area contributed by atoms with Crippen molar-refractivity contribution in [2.24, 2.45) is 0 Å². The maximum Gasteiger partial charge on any atom is 0.460 e. The zero-order valence-corrected chi connectivity index (χ0v) is 26.5. The maximum atomic E-state index is 13.6. The molecule has 0 amide bonds. The summed E-state index contributed by atoms with van der Waals surface area (Å²) in [5.74, 6) is -0.472. The topological polar surface area (TPSA) is 134 Å². The van der Waals surface area contributed by atoms with Gasteiger partial charge in [0.05, 0.1) is 24.9 Å². The molecule has 1 saturated heterocycles. The van der Waals surface area contributed by atoms with Crippen molar-refractivity contribution < 1.29 is 33.7 Å². The zero-order valence-electron chi connectivity index (χ0n) is 25.7. The third kappa shape index (κ3) is 6.09. The fraction of sp³-hybridized carbons (Fsp3) is 0.294. The largest absolute Gasteiger partial charge is 0.505 e. The van der Waals surface area contributed by atoms with E-state index in [1.54, 1.807) is 30.3 Å². The molecule has 1 unspecified atom stereocenters. The summed E-state index contributed by atoms with van der Waals surface area (Å²) in [7, 11) is 0. The van der Waals surface area contributed by atoms with Gasteiger partial charge in [-0.3, -0.25) is 4.79 Å². The normalized spacial score (nSPS) is 17.9. The third-order valence-corrected chi connectivity index (χ3v) is 8.39. The van der Waals surface area contributed by atoms with Crippen LogP contribution in [0, 0.1) is 0 Å². The number of ether oxygens (including phenoxy) is 3. The van der Waals surface area contributed by atoms with Gasteiger partial charge in [0.2, 0.25) is 0 Å². The van der Waals surface area contributed by atoms with Gasteiger partial charge in [-0.1, -0.05) is 43.3 Å². The minimum absolute atomic E-state index is 0.0804. The van der Waals surface area contributed by atoms with Gasteiger partial charge in [0.25, 0.3) is 0 Å². The predicted octanol–water partition coefficient (Wildman–Crippen LogP) is 6.00. The smallest absolute Gasteiger partial charge is 0.460 e. The Labute approximate surface area is 270 Å². The Balaban J connectivity index is 1.22. The molecule has 6 rings (SSSR count). The van der Waals surface area contributed by atoms with Gasteiger partial charge in [-0.05, 0) is 72.5 Å². The van der Waals surface area contributed by atoms with Crippen LogP contribution in [0.25, 0.3) is 16.9 Å². The molecule has 0 radical (unpaired) electrons. The average Bonchev–Trinajstić information content (AvgIpc) is 3.77. The first kappa shape index (κ1) is 31.3. The first-order chi connectivity index (χ1) is 22.0. The molecule has 2 heterocycles. The van der Waals surface area contributed by atoms with Gasteiger partial charge < -0.3 is 24.2 Å². The fourth-order valence-electron chi connectivity index (χ4n) is 5.73. The van der Waals surface area contributed by atoms with Crippen molar-refractivity contribution in [3.05, 3.63) is 107 Å². The molecule has 1 aromatic heterocycles. The monoisotopic (exact) mass is 644 g/mol. The number of ketones is 1. The summed E-state index contributed by atoms with van der Waals surface area (Å²) in [5, 5.41) is 18.2. The molecular weight excluding hydrogens is 612 g/mol. The molecule has 1 atom stereocenters. The van der Waals surface area contributed by atoms with E-state index in [0.29, 0.717) is 35.7 Å². The van der Waals surface area contributed by atoms with Crippen molar-refractivity contribution in [3.63, 3.8) is 0 Å². The molecule has 3 aromatic carbocycles. The highest BCUT2D eigenvalue weighted by Gasteiger charge is 2.36. The van der Waals surface area contributed by atoms with E-state index in [1.807, 2.05) is 44.2 Å². The van der Waals surface area contributed by atoms with Crippen LogP contribution in [0.5, 0.6) is 5.75 Å². The number of aliphatic hydroxyl groups excluding tert-OH is 1. The number of fused-ring (bicyclic) bond motifs is 3. The first-order valence-corrected chi connectivity index (χ1v) is 15.2. The quantitative estimate of drug-likeness (QED) is 0.0967. The number of allylic oxidation sites excluding steroid dienone is 1. The summed E-state index contributed by atoms with van der Waals surface area (Å²) in [6.45, 7) is 8.78. The highest BCUT2D eigenvalue weighted by Crippen LogP contribution is 2.49. The van der Waals surface area contributed by atoms with Gasteiger partial charge in [0.15, 0.2) is 11.6 Å². The molecule has 1 fully saturated rings. The van der Waals surface area contributed by atoms with Crippen molar-refractivity contribution in [1.82, 2.24) is 20.5 Å². The van der Waals surface area contributed by atoms with E-state index in [-0.39, 0.29) is 34.6 Å². The first-order valence-electron chi connectivity index (χ1n) is 14.7. The molecule has 1 aliphatic carbocycles. The Hall–Kier alpha value is -4.71. The van der Waals surface area contributed by atoms with Crippen LogP contribution >= 0.6 is 11.6 Å². The van der Waals surface area contributed by atoms with Crippen molar-refractivity contribution >= 4 is 29.2 Å². The van der Waals surface area contributed by atoms with Crippen molar-refractivity contribution in [2.75, 3.05) is 19.1 Å². The summed E-state index contributed by atoms with van der Waals surface area (Å²) in [4.78, 5) is 30.7. The van der Waals surface area contributed by atoms with Gasteiger partial charge in [-0.15, -0.1) is 16.7 Å². The maximum absolute atomic E-state index is 13.6. The summed E-state index contributed by atoms with van der Waals surface area (Å²) in [6.07, 6.45) is 1.64. The second-order valence-electron chi connectivity index (χ2n) is 12.0. The molecule has 4 aromatic rings. The number of hydroxylamine groups is 1. The van der Waals surface area contributed by atoms with E-state index in [1.165, 1.54) is 12.4 Å². The lowest BCUT2D eigenvalue weighted by molar-refractivity contribution is -0.141. The Kier molecular flexibility index (Phi) is 8.32. The number of rotatable bonds is 9. The van der Waals surface area contributed by atoms with E-state index in [0.717, 1.165) is 26.9 Å². The van der Waals surface area contributed by atoms with Crippen LogP contribution in [0.4, 0.5) is 4.79 Å². The molecule has 1 aliphatic heterocycles. The highest BCUT2D eigenvalue weighted by atomic mass is 35.5. The molecule has 12 heteroatoms. The second kappa shape index (κ2) is 12.2. The standard InChI is InChI=1S/C34H33ClN4O7/c1-33(2)27-11-7-21(30(40)20-5-9-23(10-6-20)43-18-24-19-44-34(3,4)45-24)15-25(27)26-16-22(8-12-28(26)33)31(41)29(17-35)37-46-32(42)39-14-13-36-38-39/h5-16,24,37,41H,17-19H2,1-4H3. The average molecular weight is 645 g/mol. The zero-order chi connectivity index (χ0) is 32.6. The molecule has 0 spiro atoms. The number of hydrogen-bond donors (Lipinski definition) is 2. The number of aliphatic hydroxyl groups is 1. The lowest BCUT2D eigenvalue weighted by Crippen LogP contribution is -2.25. The van der Waals surface area contributed by atoms with Crippen molar-refractivity contribution in [3.8, 4) is 16.9 Å². The van der Waals surface area contributed by atoms with Crippen LogP contribution in [-0.4, -0.2) is 63.0 Å². The minimum atomic E-state index is -0.852. The highest BCUT2D eigenvalue weighted by molar-refractivity contribution is 6.19. The predicted molar refractivity (Wildman–Crippen MR) is 170 cm³/mol. The van der Waals surface area contributed by atoms with E-state index in [2.05, 4.69) is 29.6 Å². The number of benzene rings is 3. The van der Waals surface area contributed by atoms with Crippen LogP contribution in [0.3, 0.4) is 0 Å². The summed E-state index contributed by atoms with van der Waals surface area (Å²) >= 11 is 6.08. The molecule has 0 saturated carbocycles. The van der Waals surface area contributed by atoms with Crippen LogP contribution < -0.4 is 10.2 Å². The molecular formula is C34H33ClN4O7. The molecule has 2 N–H and O–H groups in total. The van der Waals surface area contributed by atoms with Crippen molar-refractivity contribution in [1.29, 1.82) is 0 Å². The lowest BCUT2D eigenvalue weighted by atomic mass is 9.82. The van der Waals surface area contributed by atoms with E-state index >= 15 is 0 Å². The SMILES string of the molecule is CC1(C)OCC(COc2ccc(C(=O)c3ccc4c(c3)-c3cc(C(O)=C(CCl)NOC(=O)n5ccnn5)ccc3C4(C)C)cc2)O1. The number of carbonyl (C=O) groups is 2. The fourth-order valence-corrected chi connectivity index (χ4v) is 5.91. The third-order valence-electron chi connectivity index (χ3n) is 8.12. The van der Waals surface area contributed by atoms with E-state index < -0.39 is 11.9 Å². The number of hydrogen-bond acceptors (Lipinski definition) is 10. The Morgan fingerprint density at radius 2 is 1.65 bits per heavy atom. The number of carbonyl (C=O) groups excluding carboxylic acids is 2. The molecule has 46 heavy (non-hydrogen) atoms. The minimum Gasteiger partial charge on any atom is -0.505 e. The Morgan fingerprint density at radius 1 is 1.00 bits per heavy atom. The molecule has 0 bridgehead atoms. The Morgan fingerprint density at radius 3 is 2.26 bits per heavy atom.